The molecule has 0 radical (unpaired) electrons. The van der Waals surface area contributed by atoms with Crippen molar-refractivity contribution in [1.82, 2.24) is 4.90 Å². The van der Waals surface area contributed by atoms with E-state index in [0.29, 0.717) is 12.1 Å². The molecule has 0 unspecified atom stereocenters. The standard InChI is InChI=1S/C13H16FNO2/c1-9-4-2-6-11(12(9)14)13(17)15-7-3-5-10(15)8-16/h2,4,6,10,16H,3,5,7-8H2,1H3/t10-/m0/s1. The molecule has 92 valence electrons. The minimum Gasteiger partial charge on any atom is -0.394 e. The fraction of sp³-hybridized carbons (Fsp3) is 0.462. The summed E-state index contributed by atoms with van der Waals surface area (Å²) in [5, 5.41) is 9.17. The zero-order valence-corrected chi connectivity index (χ0v) is 9.82. The van der Waals surface area contributed by atoms with Gasteiger partial charge in [-0.2, -0.15) is 0 Å². The third kappa shape index (κ3) is 2.17. The molecule has 1 heterocycles. The number of rotatable bonds is 2. The third-order valence-corrected chi connectivity index (χ3v) is 3.27. The average Bonchev–Trinajstić information content (AvgIpc) is 2.80. The van der Waals surface area contributed by atoms with Crippen molar-refractivity contribution in [2.45, 2.75) is 25.8 Å². The van der Waals surface area contributed by atoms with Gasteiger partial charge in [0.2, 0.25) is 0 Å². The molecule has 0 saturated carbocycles. The first kappa shape index (κ1) is 12.0. The van der Waals surface area contributed by atoms with Gasteiger partial charge in [-0.3, -0.25) is 4.79 Å². The zero-order valence-electron chi connectivity index (χ0n) is 9.82. The summed E-state index contributed by atoms with van der Waals surface area (Å²) in [5.74, 6) is -0.774. The largest absolute Gasteiger partial charge is 0.394 e. The number of aryl methyl sites for hydroxylation is 1. The van der Waals surface area contributed by atoms with Gasteiger partial charge in [-0.05, 0) is 31.4 Å². The van der Waals surface area contributed by atoms with E-state index >= 15 is 0 Å². The molecule has 2 rings (SSSR count). The molecular weight excluding hydrogens is 221 g/mol. The molecule has 17 heavy (non-hydrogen) atoms. The number of hydrogen-bond donors (Lipinski definition) is 1. The van der Waals surface area contributed by atoms with Crippen LogP contribution in [0, 0.1) is 12.7 Å². The van der Waals surface area contributed by atoms with Crippen molar-refractivity contribution in [3.8, 4) is 0 Å². The monoisotopic (exact) mass is 237 g/mol. The molecule has 0 aliphatic carbocycles. The van der Waals surface area contributed by atoms with E-state index in [1.54, 1.807) is 24.0 Å². The van der Waals surface area contributed by atoms with Gasteiger partial charge in [0.1, 0.15) is 5.82 Å². The number of benzene rings is 1. The second kappa shape index (κ2) is 4.84. The molecule has 1 saturated heterocycles. The lowest BCUT2D eigenvalue weighted by Crippen LogP contribution is -2.38. The number of aliphatic hydroxyl groups is 1. The van der Waals surface area contributed by atoms with Crippen LogP contribution in [0.4, 0.5) is 4.39 Å². The van der Waals surface area contributed by atoms with Crippen molar-refractivity contribution >= 4 is 5.91 Å². The highest BCUT2D eigenvalue weighted by Gasteiger charge is 2.30. The molecule has 1 aliphatic rings. The Hall–Kier alpha value is -1.42. The summed E-state index contributed by atoms with van der Waals surface area (Å²) in [5.41, 5.74) is 0.570. The van der Waals surface area contributed by atoms with Crippen LogP contribution in [0.5, 0.6) is 0 Å². The average molecular weight is 237 g/mol. The molecule has 1 atom stereocenters. The minimum absolute atomic E-state index is 0.0564. The Morgan fingerprint density at radius 3 is 3.06 bits per heavy atom. The molecule has 1 aromatic carbocycles. The molecule has 1 amide bonds. The van der Waals surface area contributed by atoms with Crippen molar-refractivity contribution < 1.29 is 14.3 Å². The van der Waals surface area contributed by atoms with Gasteiger partial charge in [-0.1, -0.05) is 12.1 Å². The molecule has 1 aliphatic heterocycles. The SMILES string of the molecule is Cc1cccc(C(=O)N2CCC[C@H]2CO)c1F. The maximum atomic E-state index is 13.8. The fourth-order valence-corrected chi connectivity index (χ4v) is 2.26. The molecular formula is C13H16FNO2. The molecule has 0 bridgehead atoms. The van der Waals surface area contributed by atoms with Gasteiger partial charge in [0, 0.05) is 6.54 Å². The Labute approximate surface area is 99.9 Å². The van der Waals surface area contributed by atoms with Crippen LogP contribution in [0.2, 0.25) is 0 Å². The van der Waals surface area contributed by atoms with Gasteiger partial charge in [0.05, 0.1) is 18.2 Å². The molecule has 4 heteroatoms. The third-order valence-electron chi connectivity index (χ3n) is 3.27. The number of carbonyl (C=O) groups excluding carboxylic acids is 1. The van der Waals surface area contributed by atoms with Crippen LogP contribution in [-0.2, 0) is 0 Å². The van der Waals surface area contributed by atoms with Crippen LogP contribution in [0.1, 0.15) is 28.8 Å². The summed E-state index contributed by atoms with van der Waals surface area (Å²) >= 11 is 0. The smallest absolute Gasteiger partial charge is 0.257 e. The van der Waals surface area contributed by atoms with Crippen molar-refractivity contribution in [2.75, 3.05) is 13.2 Å². The van der Waals surface area contributed by atoms with Crippen molar-refractivity contribution in [3.05, 3.63) is 35.1 Å². The summed E-state index contributed by atoms with van der Waals surface area (Å²) in [7, 11) is 0. The highest BCUT2D eigenvalue weighted by Crippen LogP contribution is 2.21. The number of nitrogens with zero attached hydrogens (tertiary/aromatic N) is 1. The maximum absolute atomic E-state index is 13.8. The molecule has 3 nitrogen and oxygen atoms in total. The van der Waals surface area contributed by atoms with Gasteiger partial charge in [0.25, 0.3) is 5.91 Å². The lowest BCUT2D eigenvalue weighted by molar-refractivity contribution is 0.0672. The van der Waals surface area contributed by atoms with Crippen molar-refractivity contribution in [2.24, 2.45) is 0 Å². The number of aliphatic hydroxyl groups excluding tert-OH is 1. The van der Waals surface area contributed by atoms with Gasteiger partial charge in [0.15, 0.2) is 0 Å². The molecule has 0 aromatic heterocycles. The first-order chi connectivity index (χ1) is 8.15. The van der Waals surface area contributed by atoms with Crippen LogP contribution < -0.4 is 0 Å². The summed E-state index contributed by atoms with van der Waals surface area (Å²) < 4.78 is 13.8. The van der Waals surface area contributed by atoms with Gasteiger partial charge in [-0.15, -0.1) is 0 Å². The van der Waals surface area contributed by atoms with Crippen LogP contribution in [0.3, 0.4) is 0 Å². The van der Waals surface area contributed by atoms with Gasteiger partial charge in [-0.25, -0.2) is 4.39 Å². The van der Waals surface area contributed by atoms with E-state index in [2.05, 4.69) is 0 Å². The van der Waals surface area contributed by atoms with E-state index in [9.17, 15) is 9.18 Å². The maximum Gasteiger partial charge on any atom is 0.257 e. The number of hydrogen-bond acceptors (Lipinski definition) is 2. The molecule has 0 spiro atoms. The quantitative estimate of drug-likeness (QED) is 0.851. The molecule has 1 N–H and O–H groups in total. The van der Waals surface area contributed by atoms with Crippen LogP contribution in [0.15, 0.2) is 18.2 Å². The second-order valence-corrected chi connectivity index (χ2v) is 4.41. The lowest BCUT2D eigenvalue weighted by Gasteiger charge is -2.23. The van der Waals surface area contributed by atoms with E-state index in [1.165, 1.54) is 6.07 Å². The van der Waals surface area contributed by atoms with Gasteiger partial charge < -0.3 is 10.0 Å². The summed E-state index contributed by atoms with van der Waals surface area (Å²) in [6.45, 7) is 2.18. The Balaban J connectivity index is 2.28. The Bertz CT molecular complexity index is 433. The predicted molar refractivity (Wildman–Crippen MR) is 62.3 cm³/mol. The highest BCUT2D eigenvalue weighted by molar-refractivity contribution is 5.95. The minimum atomic E-state index is -0.457. The zero-order chi connectivity index (χ0) is 12.4. The van der Waals surface area contributed by atoms with Crippen LogP contribution >= 0.6 is 0 Å². The Morgan fingerprint density at radius 2 is 2.35 bits per heavy atom. The second-order valence-electron chi connectivity index (χ2n) is 4.41. The number of carbonyl (C=O) groups is 1. The summed E-state index contributed by atoms with van der Waals surface area (Å²) in [4.78, 5) is 13.7. The number of likely N-dealkylation sites (tertiary alicyclic amines) is 1. The number of halogens is 1. The van der Waals surface area contributed by atoms with E-state index in [4.69, 9.17) is 5.11 Å². The van der Waals surface area contributed by atoms with E-state index in [-0.39, 0.29) is 24.1 Å². The lowest BCUT2D eigenvalue weighted by atomic mass is 10.1. The normalized spacial score (nSPS) is 19.7. The Morgan fingerprint density at radius 1 is 1.59 bits per heavy atom. The molecule has 1 fully saturated rings. The Kier molecular flexibility index (Phi) is 3.43. The van der Waals surface area contributed by atoms with E-state index < -0.39 is 5.82 Å². The van der Waals surface area contributed by atoms with Crippen LogP contribution in [0.25, 0.3) is 0 Å². The molecule has 1 aromatic rings. The topological polar surface area (TPSA) is 40.5 Å². The van der Waals surface area contributed by atoms with E-state index in [1.807, 2.05) is 0 Å². The van der Waals surface area contributed by atoms with Crippen molar-refractivity contribution in [1.29, 1.82) is 0 Å². The van der Waals surface area contributed by atoms with Crippen LogP contribution in [-0.4, -0.2) is 35.1 Å². The fourth-order valence-electron chi connectivity index (χ4n) is 2.26. The van der Waals surface area contributed by atoms with Gasteiger partial charge >= 0.3 is 0 Å². The summed E-state index contributed by atoms with van der Waals surface area (Å²) in [6, 6.07) is 4.65. The summed E-state index contributed by atoms with van der Waals surface area (Å²) in [6.07, 6.45) is 1.65. The highest BCUT2D eigenvalue weighted by atomic mass is 19.1. The predicted octanol–water partition coefficient (Wildman–Crippen LogP) is 1.73. The van der Waals surface area contributed by atoms with Crippen molar-refractivity contribution in [3.63, 3.8) is 0 Å². The first-order valence-corrected chi connectivity index (χ1v) is 5.82. The first-order valence-electron chi connectivity index (χ1n) is 5.82. The van der Waals surface area contributed by atoms with E-state index in [0.717, 1.165) is 12.8 Å². The number of amides is 1.